The van der Waals surface area contributed by atoms with Gasteiger partial charge in [0.15, 0.2) is 0 Å². The summed E-state index contributed by atoms with van der Waals surface area (Å²) in [5.74, 6) is 0. The predicted molar refractivity (Wildman–Crippen MR) is 83.0 cm³/mol. The summed E-state index contributed by atoms with van der Waals surface area (Å²) < 4.78 is 1.15. The number of halogens is 1. The molecule has 0 spiro atoms. The maximum atomic E-state index is 3.60. The van der Waals surface area contributed by atoms with Crippen LogP contribution in [-0.2, 0) is 6.54 Å². The first-order valence-electron chi connectivity index (χ1n) is 6.77. The van der Waals surface area contributed by atoms with Gasteiger partial charge in [-0.1, -0.05) is 35.8 Å². The van der Waals surface area contributed by atoms with Crippen molar-refractivity contribution in [3.05, 3.63) is 33.8 Å². The Kier molecular flexibility index (Phi) is 6.90. The van der Waals surface area contributed by atoms with Gasteiger partial charge >= 0.3 is 0 Å². The van der Waals surface area contributed by atoms with Crippen LogP contribution in [0.2, 0.25) is 0 Å². The van der Waals surface area contributed by atoms with Crippen LogP contribution < -0.4 is 5.32 Å². The SMILES string of the molecule is CCN(CC)CC(C)NCc1ccc(Br)cc1C. The van der Waals surface area contributed by atoms with Gasteiger partial charge in [-0.15, -0.1) is 0 Å². The zero-order valence-electron chi connectivity index (χ0n) is 12.0. The number of rotatable bonds is 7. The normalized spacial score (nSPS) is 13.0. The Balaban J connectivity index is 2.44. The number of hydrogen-bond acceptors (Lipinski definition) is 2. The minimum absolute atomic E-state index is 0.521. The quantitative estimate of drug-likeness (QED) is 0.828. The van der Waals surface area contributed by atoms with Crippen LogP contribution in [-0.4, -0.2) is 30.6 Å². The summed E-state index contributed by atoms with van der Waals surface area (Å²) in [4.78, 5) is 2.45. The number of benzene rings is 1. The molecule has 18 heavy (non-hydrogen) atoms. The van der Waals surface area contributed by atoms with E-state index in [9.17, 15) is 0 Å². The lowest BCUT2D eigenvalue weighted by Gasteiger charge is -2.23. The van der Waals surface area contributed by atoms with Gasteiger partial charge in [-0.25, -0.2) is 0 Å². The first kappa shape index (κ1) is 15.7. The van der Waals surface area contributed by atoms with Gasteiger partial charge in [0.25, 0.3) is 0 Å². The summed E-state index contributed by atoms with van der Waals surface area (Å²) >= 11 is 3.50. The number of hydrogen-bond donors (Lipinski definition) is 1. The average molecular weight is 313 g/mol. The van der Waals surface area contributed by atoms with Crippen LogP contribution >= 0.6 is 15.9 Å². The molecule has 0 saturated carbocycles. The van der Waals surface area contributed by atoms with Crippen LogP contribution in [0.5, 0.6) is 0 Å². The lowest BCUT2D eigenvalue weighted by atomic mass is 10.1. The van der Waals surface area contributed by atoms with E-state index < -0.39 is 0 Å². The second-order valence-electron chi connectivity index (χ2n) is 4.84. The van der Waals surface area contributed by atoms with Crippen LogP contribution in [0, 0.1) is 6.92 Å². The highest BCUT2D eigenvalue weighted by atomic mass is 79.9. The smallest absolute Gasteiger partial charge is 0.0211 e. The molecule has 0 amide bonds. The first-order valence-corrected chi connectivity index (χ1v) is 7.56. The van der Waals surface area contributed by atoms with Gasteiger partial charge in [-0.05, 0) is 50.2 Å². The number of nitrogens with one attached hydrogen (secondary N) is 1. The summed E-state index contributed by atoms with van der Waals surface area (Å²) in [6.07, 6.45) is 0. The van der Waals surface area contributed by atoms with Gasteiger partial charge in [0.1, 0.15) is 0 Å². The first-order chi connectivity index (χ1) is 8.56. The van der Waals surface area contributed by atoms with E-state index >= 15 is 0 Å². The van der Waals surface area contributed by atoms with E-state index in [-0.39, 0.29) is 0 Å². The second-order valence-corrected chi connectivity index (χ2v) is 5.75. The Morgan fingerprint density at radius 2 is 1.94 bits per heavy atom. The summed E-state index contributed by atoms with van der Waals surface area (Å²) in [5.41, 5.74) is 2.72. The van der Waals surface area contributed by atoms with E-state index in [0.29, 0.717) is 6.04 Å². The van der Waals surface area contributed by atoms with Gasteiger partial charge in [-0.2, -0.15) is 0 Å². The molecule has 0 saturated heterocycles. The van der Waals surface area contributed by atoms with Crippen molar-refractivity contribution in [2.75, 3.05) is 19.6 Å². The van der Waals surface area contributed by atoms with E-state index in [1.165, 1.54) is 11.1 Å². The Morgan fingerprint density at radius 1 is 1.28 bits per heavy atom. The molecule has 1 atom stereocenters. The highest BCUT2D eigenvalue weighted by Crippen LogP contribution is 2.15. The van der Waals surface area contributed by atoms with E-state index in [4.69, 9.17) is 0 Å². The molecular weight excluding hydrogens is 288 g/mol. The number of likely N-dealkylation sites (N-methyl/N-ethyl adjacent to an activating group) is 1. The molecule has 1 rings (SSSR count). The van der Waals surface area contributed by atoms with Gasteiger partial charge < -0.3 is 10.2 Å². The molecule has 0 heterocycles. The molecule has 102 valence electrons. The van der Waals surface area contributed by atoms with Crippen molar-refractivity contribution in [1.29, 1.82) is 0 Å². The zero-order chi connectivity index (χ0) is 13.5. The third-order valence-electron chi connectivity index (χ3n) is 3.37. The van der Waals surface area contributed by atoms with E-state index in [0.717, 1.165) is 30.7 Å². The molecule has 1 unspecified atom stereocenters. The molecule has 1 aromatic carbocycles. The maximum absolute atomic E-state index is 3.60. The third kappa shape index (κ3) is 5.09. The standard InChI is InChI=1S/C15H25BrN2/c1-5-18(6-2)11-13(4)17-10-14-7-8-15(16)9-12(14)3/h7-9,13,17H,5-6,10-11H2,1-4H3. The van der Waals surface area contributed by atoms with Crippen LogP contribution in [0.15, 0.2) is 22.7 Å². The van der Waals surface area contributed by atoms with Gasteiger partial charge in [-0.3, -0.25) is 0 Å². The van der Waals surface area contributed by atoms with Crippen LogP contribution in [0.25, 0.3) is 0 Å². The fourth-order valence-electron chi connectivity index (χ4n) is 2.08. The Labute approximate surface area is 120 Å². The molecule has 2 nitrogen and oxygen atoms in total. The molecule has 0 aliphatic carbocycles. The van der Waals surface area contributed by atoms with Crippen LogP contribution in [0.4, 0.5) is 0 Å². The van der Waals surface area contributed by atoms with Crippen molar-refractivity contribution in [3.63, 3.8) is 0 Å². The monoisotopic (exact) mass is 312 g/mol. The molecule has 0 aliphatic heterocycles. The lowest BCUT2D eigenvalue weighted by molar-refractivity contribution is 0.270. The lowest BCUT2D eigenvalue weighted by Crippen LogP contribution is -2.38. The van der Waals surface area contributed by atoms with Crippen molar-refractivity contribution in [3.8, 4) is 0 Å². The summed E-state index contributed by atoms with van der Waals surface area (Å²) in [6.45, 7) is 13.2. The predicted octanol–water partition coefficient (Wildman–Crippen LogP) is 3.58. The van der Waals surface area contributed by atoms with Crippen molar-refractivity contribution in [2.24, 2.45) is 0 Å². The number of nitrogens with zero attached hydrogens (tertiary/aromatic N) is 1. The molecular formula is C15H25BrN2. The molecule has 0 fully saturated rings. The van der Waals surface area contributed by atoms with Crippen LogP contribution in [0.3, 0.4) is 0 Å². The van der Waals surface area contributed by atoms with Gasteiger partial charge in [0.05, 0.1) is 0 Å². The van der Waals surface area contributed by atoms with Crippen molar-refractivity contribution in [1.82, 2.24) is 10.2 Å². The fourth-order valence-corrected chi connectivity index (χ4v) is 2.55. The minimum atomic E-state index is 0.521. The van der Waals surface area contributed by atoms with E-state index in [1.807, 2.05) is 0 Å². The molecule has 0 aliphatic rings. The highest BCUT2D eigenvalue weighted by Gasteiger charge is 2.07. The fraction of sp³-hybridized carbons (Fsp3) is 0.600. The minimum Gasteiger partial charge on any atom is -0.309 e. The third-order valence-corrected chi connectivity index (χ3v) is 3.87. The van der Waals surface area contributed by atoms with Crippen molar-refractivity contribution >= 4 is 15.9 Å². The highest BCUT2D eigenvalue weighted by molar-refractivity contribution is 9.10. The Morgan fingerprint density at radius 3 is 2.50 bits per heavy atom. The van der Waals surface area contributed by atoms with Crippen molar-refractivity contribution < 1.29 is 0 Å². The topological polar surface area (TPSA) is 15.3 Å². The molecule has 0 bridgehead atoms. The molecule has 1 aromatic rings. The summed E-state index contributed by atoms with van der Waals surface area (Å²) in [5, 5.41) is 3.60. The molecule has 0 aromatic heterocycles. The Hall–Kier alpha value is -0.380. The second kappa shape index (κ2) is 7.93. The van der Waals surface area contributed by atoms with Crippen LogP contribution in [0.1, 0.15) is 31.9 Å². The van der Waals surface area contributed by atoms with E-state index in [2.05, 4.69) is 72.0 Å². The zero-order valence-corrected chi connectivity index (χ0v) is 13.5. The van der Waals surface area contributed by atoms with E-state index in [1.54, 1.807) is 0 Å². The molecule has 1 N–H and O–H groups in total. The maximum Gasteiger partial charge on any atom is 0.0211 e. The molecule has 3 heteroatoms. The summed E-state index contributed by atoms with van der Waals surface area (Å²) in [7, 11) is 0. The number of aryl methyl sites for hydroxylation is 1. The largest absolute Gasteiger partial charge is 0.309 e. The Bertz CT molecular complexity index is 362. The van der Waals surface area contributed by atoms with Gasteiger partial charge in [0, 0.05) is 23.6 Å². The molecule has 0 radical (unpaired) electrons. The summed E-state index contributed by atoms with van der Waals surface area (Å²) in [6, 6.07) is 7.00. The van der Waals surface area contributed by atoms with Gasteiger partial charge in [0.2, 0.25) is 0 Å². The van der Waals surface area contributed by atoms with Crippen molar-refractivity contribution in [2.45, 2.75) is 40.3 Å². The average Bonchev–Trinajstić information content (AvgIpc) is 2.35.